The molecule has 11 aromatic carbocycles. The van der Waals surface area contributed by atoms with E-state index in [0.717, 1.165) is 5.69 Å². The first-order valence-corrected chi connectivity index (χ1v) is 22.8. The normalized spacial score (nSPS) is 13.2. The topological polar surface area (TPSA) is 9.86 Å². The van der Waals surface area contributed by atoms with Gasteiger partial charge >= 0.3 is 0 Å². The lowest BCUT2D eigenvalue weighted by Gasteiger charge is -2.21. The monoisotopic (exact) mass is 826 g/mol. The number of benzene rings is 11. The third-order valence-corrected chi connectivity index (χ3v) is 14.7. The molecule has 2 heteroatoms. The SMILES string of the molecule is CC1(C)c2ccccc2-c2cc3c4ccccc4n(-c4ccc5c6ccc(-n7c8ccc(-c9ccccc9)cc8c8cc(-c9ccccc9)ccc87)cc6c6ccccc6c5c4)c3cc21. The summed E-state index contributed by atoms with van der Waals surface area (Å²) in [6, 6.07) is 81.4. The Bertz CT molecular complexity index is 4010. The van der Waals surface area contributed by atoms with E-state index in [1.54, 1.807) is 0 Å². The van der Waals surface area contributed by atoms with Gasteiger partial charge in [-0.25, -0.2) is 0 Å². The number of rotatable bonds is 4. The Morgan fingerprint density at radius 2 is 0.723 bits per heavy atom. The molecule has 0 unspecified atom stereocenters. The second-order valence-corrected chi connectivity index (χ2v) is 18.5. The molecule has 13 aromatic rings. The Labute approximate surface area is 376 Å². The molecule has 0 saturated carbocycles. The van der Waals surface area contributed by atoms with Gasteiger partial charge in [-0.05, 0) is 144 Å². The van der Waals surface area contributed by atoms with Crippen LogP contribution in [0.1, 0.15) is 25.0 Å². The van der Waals surface area contributed by atoms with Crippen LogP contribution in [0.4, 0.5) is 0 Å². The van der Waals surface area contributed by atoms with Crippen LogP contribution in [0.15, 0.2) is 218 Å². The summed E-state index contributed by atoms with van der Waals surface area (Å²) in [4.78, 5) is 0. The minimum Gasteiger partial charge on any atom is -0.309 e. The third kappa shape index (κ3) is 5.17. The number of aromatic nitrogens is 2. The molecule has 0 spiro atoms. The summed E-state index contributed by atoms with van der Waals surface area (Å²) in [7, 11) is 0. The van der Waals surface area contributed by atoms with Crippen LogP contribution in [-0.2, 0) is 5.41 Å². The minimum atomic E-state index is -0.0891. The molecule has 2 heterocycles. The lowest BCUT2D eigenvalue weighted by Crippen LogP contribution is -2.14. The molecule has 65 heavy (non-hydrogen) atoms. The average Bonchev–Trinajstić information content (AvgIpc) is 3.95. The fourth-order valence-electron chi connectivity index (χ4n) is 11.6. The van der Waals surface area contributed by atoms with E-state index in [-0.39, 0.29) is 5.41 Å². The molecule has 2 nitrogen and oxygen atoms in total. The summed E-state index contributed by atoms with van der Waals surface area (Å²) in [5, 5.41) is 12.6. The van der Waals surface area contributed by atoms with Crippen molar-refractivity contribution in [2.45, 2.75) is 19.3 Å². The van der Waals surface area contributed by atoms with Crippen molar-refractivity contribution in [3.63, 3.8) is 0 Å². The molecule has 0 fully saturated rings. The first kappa shape index (κ1) is 36.3. The molecule has 0 amide bonds. The standard InChI is InChI=1S/C63H42N2/c1-63(2)57-23-13-11-21-49(57)53-37-56-50-22-12-14-24-59(50)65(62(56)38-58(53)63)44-28-30-48-47-29-27-43(35-51(47)45-19-9-10-20-46(45)52(48)36-44)64-60-31-25-41(39-15-5-3-6-16-39)33-54(60)55-34-42(26-32-61(55)64)40-17-7-4-8-18-40/h3-38H,1-2H3. The molecule has 304 valence electrons. The van der Waals surface area contributed by atoms with Gasteiger partial charge in [-0.3, -0.25) is 0 Å². The fraction of sp³-hybridized carbons (Fsp3) is 0.0476. The van der Waals surface area contributed by atoms with Crippen LogP contribution >= 0.6 is 0 Å². The zero-order valence-corrected chi connectivity index (χ0v) is 36.2. The van der Waals surface area contributed by atoms with Gasteiger partial charge in [0.2, 0.25) is 0 Å². The van der Waals surface area contributed by atoms with Gasteiger partial charge in [0.1, 0.15) is 0 Å². The van der Waals surface area contributed by atoms with Crippen molar-refractivity contribution in [1.82, 2.24) is 9.13 Å². The first-order valence-electron chi connectivity index (χ1n) is 22.8. The van der Waals surface area contributed by atoms with E-state index in [2.05, 4.69) is 241 Å². The highest BCUT2D eigenvalue weighted by atomic mass is 15.0. The number of nitrogens with zero attached hydrogens (tertiary/aromatic N) is 2. The molecular formula is C63H42N2. The van der Waals surface area contributed by atoms with Crippen molar-refractivity contribution in [3.05, 3.63) is 230 Å². The van der Waals surface area contributed by atoms with Crippen LogP contribution in [0.5, 0.6) is 0 Å². The van der Waals surface area contributed by atoms with Gasteiger partial charge < -0.3 is 9.13 Å². The van der Waals surface area contributed by atoms with E-state index in [9.17, 15) is 0 Å². The van der Waals surface area contributed by atoms with Crippen molar-refractivity contribution >= 4 is 75.9 Å². The number of para-hydroxylation sites is 1. The van der Waals surface area contributed by atoms with Crippen LogP contribution in [0.25, 0.3) is 121 Å². The van der Waals surface area contributed by atoms with Crippen LogP contribution < -0.4 is 0 Å². The molecule has 1 aliphatic rings. The molecule has 1 aliphatic carbocycles. The van der Waals surface area contributed by atoms with Gasteiger partial charge in [0.15, 0.2) is 0 Å². The van der Waals surface area contributed by atoms with Crippen LogP contribution in [-0.4, -0.2) is 9.13 Å². The highest BCUT2D eigenvalue weighted by Gasteiger charge is 2.36. The Hall–Kier alpha value is -8.20. The lowest BCUT2D eigenvalue weighted by molar-refractivity contribution is 0.661. The summed E-state index contributed by atoms with van der Waals surface area (Å²) in [6.45, 7) is 4.75. The second-order valence-electron chi connectivity index (χ2n) is 18.5. The molecule has 0 aliphatic heterocycles. The zero-order valence-electron chi connectivity index (χ0n) is 36.2. The molecular weight excluding hydrogens is 785 g/mol. The van der Waals surface area contributed by atoms with Crippen LogP contribution in [0.3, 0.4) is 0 Å². The van der Waals surface area contributed by atoms with Gasteiger partial charge in [0, 0.05) is 38.3 Å². The van der Waals surface area contributed by atoms with E-state index in [4.69, 9.17) is 0 Å². The average molecular weight is 827 g/mol. The second kappa shape index (κ2) is 13.4. The predicted molar refractivity (Wildman–Crippen MR) is 276 cm³/mol. The Kier molecular flexibility index (Phi) is 7.49. The van der Waals surface area contributed by atoms with Crippen molar-refractivity contribution in [3.8, 4) is 44.8 Å². The highest BCUT2D eigenvalue weighted by molar-refractivity contribution is 6.26. The fourth-order valence-corrected chi connectivity index (χ4v) is 11.6. The first-order chi connectivity index (χ1) is 32.0. The molecule has 14 rings (SSSR count). The maximum Gasteiger partial charge on any atom is 0.0544 e. The van der Waals surface area contributed by atoms with E-state index in [0.29, 0.717) is 0 Å². The number of hydrogen-bond acceptors (Lipinski definition) is 0. The lowest BCUT2D eigenvalue weighted by atomic mass is 9.82. The number of fused-ring (bicyclic) bond motifs is 15. The molecule has 0 saturated heterocycles. The Morgan fingerprint density at radius 1 is 0.262 bits per heavy atom. The van der Waals surface area contributed by atoms with E-state index >= 15 is 0 Å². The van der Waals surface area contributed by atoms with Crippen molar-refractivity contribution in [2.75, 3.05) is 0 Å². The summed E-state index contributed by atoms with van der Waals surface area (Å²) >= 11 is 0. The summed E-state index contributed by atoms with van der Waals surface area (Å²) < 4.78 is 4.97. The third-order valence-electron chi connectivity index (χ3n) is 14.7. The van der Waals surface area contributed by atoms with E-state index in [1.807, 2.05) is 0 Å². The zero-order chi connectivity index (χ0) is 43.0. The van der Waals surface area contributed by atoms with Crippen LogP contribution in [0.2, 0.25) is 0 Å². The smallest absolute Gasteiger partial charge is 0.0544 e. The largest absolute Gasteiger partial charge is 0.309 e. The quantitative estimate of drug-likeness (QED) is 0.156. The summed E-state index contributed by atoms with van der Waals surface area (Å²) in [5.74, 6) is 0. The molecule has 2 aromatic heterocycles. The Balaban J connectivity index is 0.978. The van der Waals surface area contributed by atoms with Gasteiger partial charge in [0.25, 0.3) is 0 Å². The summed E-state index contributed by atoms with van der Waals surface area (Å²) in [5.41, 5.74) is 17.5. The maximum atomic E-state index is 2.50. The molecule has 0 bridgehead atoms. The number of hydrogen-bond donors (Lipinski definition) is 0. The van der Waals surface area contributed by atoms with Crippen molar-refractivity contribution < 1.29 is 0 Å². The van der Waals surface area contributed by atoms with Crippen LogP contribution in [0, 0.1) is 0 Å². The maximum absolute atomic E-state index is 2.50. The highest BCUT2D eigenvalue weighted by Crippen LogP contribution is 2.51. The van der Waals surface area contributed by atoms with Gasteiger partial charge in [0.05, 0.1) is 22.1 Å². The predicted octanol–water partition coefficient (Wildman–Crippen LogP) is 17.0. The molecule has 0 N–H and O–H groups in total. The minimum absolute atomic E-state index is 0.0891. The Morgan fingerprint density at radius 3 is 1.32 bits per heavy atom. The van der Waals surface area contributed by atoms with Gasteiger partial charge in [-0.2, -0.15) is 0 Å². The van der Waals surface area contributed by atoms with Crippen molar-refractivity contribution in [2.24, 2.45) is 0 Å². The molecule has 0 radical (unpaired) electrons. The van der Waals surface area contributed by atoms with E-state index < -0.39 is 0 Å². The van der Waals surface area contributed by atoms with E-state index in [1.165, 1.54) is 126 Å². The summed E-state index contributed by atoms with van der Waals surface area (Å²) in [6.07, 6.45) is 0. The van der Waals surface area contributed by atoms with Gasteiger partial charge in [-0.15, -0.1) is 0 Å². The van der Waals surface area contributed by atoms with Crippen molar-refractivity contribution in [1.29, 1.82) is 0 Å². The molecule has 0 atom stereocenters. The van der Waals surface area contributed by atoms with Gasteiger partial charge in [-0.1, -0.05) is 166 Å².